The lowest BCUT2D eigenvalue weighted by molar-refractivity contribution is -0.121. The summed E-state index contributed by atoms with van der Waals surface area (Å²) in [5, 5.41) is 2.13. The van der Waals surface area contributed by atoms with Gasteiger partial charge in [0.25, 0.3) is 0 Å². The quantitative estimate of drug-likeness (QED) is 0.316. The highest BCUT2D eigenvalue weighted by atomic mass is 32.1. The molecule has 1 aromatic heterocycles. The van der Waals surface area contributed by atoms with Gasteiger partial charge in [-0.25, -0.2) is 5.84 Å². The molecule has 1 atom stereocenters. The Labute approximate surface area is 120 Å². The number of carbonyl (C=O) groups is 1. The van der Waals surface area contributed by atoms with Gasteiger partial charge in [-0.05, 0) is 51.2 Å². The molecule has 0 spiro atoms. The van der Waals surface area contributed by atoms with E-state index in [0.29, 0.717) is 12.5 Å². The summed E-state index contributed by atoms with van der Waals surface area (Å²) in [5.41, 5.74) is 2.16. The van der Waals surface area contributed by atoms with Crippen molar-refractivity contribution < 1.29 is 4.79 Å². The first-order chi connectivity index (χ1) is 9.13. The first kappa shape index (κ1) is 16.1. The summed E-state index contributed by atoms with van der Waals surface area (Å²) in [6.07, 6.45) is 4.76. The Morgan fingerprint density at radius 1 is 1.47 bits per heavy atom. The molecule has 0 radical (unpaired) electrons. The monoisotopic (exact) mass is 283 g/mol. The van der Waals surface area contributed by atoms with Crippen molar-refractivity contribution in [1.82, 2.24) is 10.3 Å². The van der Waals surface area contributed by atoms with E-state index < -0.39 is 0 Å². The molecular weight excluding hydrogens is 258 g/mol. The van der Waals surface area contributed by atoms with E-state index in [-0.39, 0.29) is 5.91 Å². The van der Waals surface area contributed by atoms with Crippen LogP contribution in [-0.2, 0) is 11.2 Å². The third-order valence-electron chi connectivity index (χ3n) is 3.40. The van der Waals surface area contributed by atoms with Crippen molar-refractivity contribution in [1.29, 1.82) is 0 Å². The second-order valence-electron chi connectivity index (χ2n) is 4.99. The van der Waals surface area contributed by atoms with Crippen molar-refractivity contribution in [3.8, 4) is 0 Å². The van der Waals surface area contributed by atoms with Crippen LogP contribution in [0.2, 0.25) is 0 Å². The van der Waals surface area contributed by atoms with Crippen LogP contribution in [0.25, 0.3) is 0 Å². The van der Waals surface area contributed by atoms with Crippen LogP contribution in [0.15, 0.2) is 17.5 Å². The number of hydrogen-bond acceptors (Lipinski definition) is 4. The molecule has 0 aliphatic rings. The Morgan fingerprint density at radius 2 is 2.26 bits per heavy atom. The van der Waals surface area contributed by atoms with Gasteiger partial charge in [-0.2, -0.15) is 0 Å². The van der Waals surface area contributed by atoms with Crippen molar-refractivity contribution in [2.24, 2.45) is 5.84 Å². The lowest BCUT2D eigenvalue weighted by Crippen LogP contribution is -2.31. The SMILES string of the molecule is CC(Cc1cccs1)N(C)CCCCCC(=O)NN. The molecule has 0 saturated heterocycles. The van der Waals surface area contributed by atoms with Gasteiger partial charge >= 0.3 is 0 Å². The number of nitrogens with two attached hydrogens (primary N) is 1. The molecular formula is C14H25N3OS. The lowest BCUT2D eigenvalue weighted by Gasteiger charge is -2.24. The zero-order valence-corrected chi connectivity index (χ0v) is 12.7. The molecule has 3 N–H and O–H groups in total. The number of hydrazine groups is 1. The Hall–Kier alpha value is -0.910. The highest BCUT2D eigenvalue weighted by Gasteiger charge is 2.10. The van der Waals surface area contributed by atoms with Gasteiger partial charge < -0.3 is 4.90 Å². The summed E-state index contributed by atoms with van der Waals surface area (Å²) >= 11 is 1.82. The number of carbonyl (C=O) groups excluding carboxylic acids is 1. The Morgan fingerprint density at radius 3 is 2.89 bits per heavy atom. The van der Waals surface area contributed by atoms with E-state index in [2.05, 4.69) is 41.8 Å². The molecule has 0 aromatic carbocycles. The van der Waals surface area contributed by atoms with Gasteiger partial charge in [-0.1, -0.05) is 12.5 Å². The maximum absolute atomic E-state index is 10.9. The predicted octanol–water partition coefficient (Wildman–Crippen LogP) is 2.16. The average Bonchev–Trinajstić information content (AvgIpc) is 2.90. The molecule has 4 nitrogen and oxygen atoms in total. The van der Waals surface area contributed by atoms with Crippen LogP contribution in [0, 0.1) is 0 Å². The van der Waals surface area contributed by atoms with Crippen LogP contribution in [0.1, 0.15) is 37.5 Å². The second-order valence-corrected chi connectivity index (χ2v) is 6.02. The largest absolute Gasteiger partial charge is 0.303 e. The normalized spacial score (nSPS) is 12.6. The van der Waals surface area contributed by atoms with Crippen LogP contribution >= 0.6 is 11.3 Å². The van der Waals surface area contributed by atoms with E-state index in [1.165, 1.54) is 4.88 Å². The molecule has 1 unspecified atom stereocenters. The maximum Gasteiger partial charge on any atom is 0.233 e. The van der Waals surface area contributed by atoms with Gasteiger partial charge in [0.1, 0.15) is 0 Å². The summed E-state index contributed by atoms with van der Waals surface area (Å²) < 4.78 is 0. The number of likely N-dealkylation sites (N-methyl/N-ethyl adjacent to an activating group) is 1. The molecule has 0 aliphatic carbocycles. The van der Waals surface area contributed by atoms with Gasteiger partial charge in [-0.3, -0.25) is 10.2 Å². The molecule has 19 heavy (non-hydrogen) atoms. The van der Waals surface area contributed by atoms with Gasteiger partial charge in [0.05, 0.1) is 0 Å². The average molecular weight is 283 g/mol. The van der Waals surface area contributed by atoms with E-state index in [1.807, 2.05) is 11.3 Å². The van der Waals surface area contributed by atoms with Crippen LogP contribution in [0.3, 0.4) is 0 Å². The topological polar surface area (TPSA) is 58.4 Å². The van der Waals surface area contributed by atoms with Gasteiger partial charge in [0.15, 0.2) is 0 Å². The van der Waals surface area contributed by atoms with E-state index in [9.17, 15) is 4.79 Å². The zero-order chi connectivity index (χ0) is 14.1. The molecule has 1 rings (SSSR count). The molecule has 0 aliphatic heterocycles. The van der Waals surface area contributed by atoms with E-state index in [0.717, 1.165) is 32.2 Å². The predicted molar refractivity (Wildman–Crippen MR) is 80.9 cm³/mol. The van der Waals surface area contributed by atoms with Crippen LogP contribution in [0.4, 0.5) is 0 Å². The fourth-order valence-corrected chi connectivity index (χ4v) is 2.82. The van der Waals surface area contributed by atoms with Crippen molar-refractivity contribution >= 4 is 17.2 Å². The van der Waals surface area contributed by atoms with E-state index in [1.54, 1.807) is 0 Å². The Bertz CT molecular complexity index is 354. The fraction of sp³-hybridized carbons (Fsp3) is 0.643. The van der Waals surface area contributed by atoms with Crippen molar-refractivity contribution in [2.75, 3.05) is 13.6 Å². The second kappa shape index (κ2) is 9.07. The molecule has 1 amide bonds. The number of thiophene rings is 1. The molecule has 108 valence electrons. The van der Waals surface area contributed by atoms with Crippen molar-refractivity contribution in [2.45, 2.75) is 45.1 Å². The summed E-state index contributed by atoms with van der Waals surface area (Å²) in [4.78, 5) is 14.8. The molecule has 1 heterocycles. The fourth-order valence-electron chi connectivity index (χ4n) is 1.99. The summed E-state index contributed by atoms with van der Waals surface area (Å²) in [6.45, 7) is 3.35. The number of nitrogens with zero attached hydrogens (tertiary/aromatic N) is 1. The van der Waals surface area contributed by atoms with Crippen LogP contribution in [0.5, 0.6) is 0 Å². The van der Waals surface area contributed by atoms with Crippen molar-refractivity contribution in [3.05, 3.63) is 22.4 Å². The maximum atomic E-state index is 10.9. The summed E-state index contributed by atoms with van der Waals surface area (Å²) in [7, 11) is 2.17. The number of nitrogens with one attached hydrogen (secondary N) is 1. The first-order valence-electron chi connectivity index (χ1n) is 6.85. The van der Waals surface area contributed by atoms with Crippen LogP contribution < -0.4 is 11.3 Å². The smallest absolute Gasteiger partial charge is 0.233 e. The van der Waals surface area contributed by atoms with Crippen LogP contribution in [-0.4, -0.2) is 30.4 Å². The van der Waals surface area contributed by atoms with E-state index in [4.69, 9.17) is 5.84 Å². The molecule has 0 bridgehead atoms. The third-order valence-corrected chi connectivity index (χ3v) is 4.30. The number of rotatable bonds is 9. The van der Waals surface area contributed by atoms with Crippen molar-refractivity contribution in [3.63, 3.8) is 0 Å². The summed E-state index contributed by atoms with van der Waals surface area (Å²) in [6, 6.07) is 4.86. The first-order valence-corrected chi connectivity index (χ1v) is 7.73. The minimum atomic E-state index is -0.0700. The van der Waals surface area contributed by atoms with Gasteiger partial charge in [0.2, 0.25) is 5.91 Å². The number of hydrogen-bond donors (Lipinski definition) is 2. The number of amides is 1. The highest BCUT2D eigenvalue weighted by molar-refractivity contribution is 7.09. The van der Waals surface area contributed by atoms with E-state index >= 15 is 0 Å². The minimum Gasteiger partial charge on any atom is -0.303 e. The standard InChI is InChI=1S/C14H25N3OS/c1-12(11-13-7-6-10-19-13)17(2)9-5-3-4-8-14(18)16-15/h6-7,10,12H,3-5,8-9,11,15H2,1-2H3,(H,16,18). The third kappa shape index (κ3) is 6.71. The minimum absolute atomic E-state index is 0.0700. The molecule has 5 heteroatoms. The van der Waals surface area contributed by atoms with Gasteiger partial charge in [0, 0.05) is 17.3 Å². The highest BCUT2D eigenvalue weighted by Crippen LogP contribution is 2.14. The number of unbranched alkanes of at least 4 members (excludes halogenated alkanes) is 2. The Balaban J connectivity index is 2.09. The van der Waals surface area contributed by atoms with Gasteiger partial charge in [-0.15, -0.1) is 11.3 Å². The molecule has 0 saturated carbocycles. The summed E-state index contributed by atoms with van der Waals surface area (Å²) in [5.74, 6) is 4.96. The zero-order valence-electron chi connectivity index (χ0n) is 11.9. The molecule has 1 aromatic rings. The Kier molecular flexibility index (Phi) is 7.70. The molecule has 0 fully saturated rings. The lowest BCUT2D eigenvalue weighted by atomic mass is 10.1.